The molecule has 0 radical (unpaired) electrons. The third-order valence-electron chi connectivity index (χ3n) is 4.78. The van der Waals surface area contributed by atoms with Crippen molar-refractivity contribution < 1.29 is 4.90 Å². The zero-order valence-corrected chi connectivity index (χ0v) is 15.6. The molecule has 0 atom stereocenters. The first-order valence-electron chi connectivity index (χ1n) is 9.26. The highest BCUT2D eigenvalue weighted by Gasteiger charge is 2.15. The number of benzene rings is 2. The molecule has 2 aromatic rings. The molecular formula is C21H28N3S+. The van der Waals surface area contributed by atoms with Gasteiger partial charge in [0.05, 0.1) is 13.1 Å². The summed E-state index contributed by atoms with van der Waals surface area (Å²) in [6.45, 7) is 5.44. The quantitative estimate of drug-likeness (QED) is 0.665. The van der Waals surface area contributed by atoms with Crippen molar-refractivity contribution in [3.05, 3.63) is 71.3 Å². The van der Waals surface area contributed by atoms with Crippen LogP contribution in [0.3, 0.4) is 0 Å². The minimum Gasteiger partial charge on any atom is -0.362 e. The van der Waals surface area contributed by atoms with Crippen LogP contribution in [-0.2, 0) is 19.5 Å². The highest BCUT2D eigenvalue weighted by Crippen LogP contribution is 2.04. The van der Waals surface area contributed by atoms with E-state index in [1.54, 1.807) is 4.90 Å². The van der Waals surface area contributed by atoms with Gasteiger partial charge in [-0.25, -0.2) is 0 Å². The maximum Gasteiger partial charge on any atom is 0.166 e. The lowest BCUT2D eigenvalue weighted by Crippen LogP contribution is -3.08. The summed E-state index contributed by atoms with van der Waals surface area (Å²) < 4.78 is 0. The van der Waals surface area contributed by atoms with Gasteiger partial charge in [0.15, 0.2) is 5.11 Å². The summed E-state index contributed by atoms with van der Waals surface area (Å²) in [6, 6.07) is 19.4. The number of nitrogens with one attached hydrogen (secondary N) is 3. The van der Waals surface area contributed by atoms with Crippen LogP contribution in [0.15, 0.2) is 54.6 Å². The summed E-state index contributed by atoms with van der Waals surface area (Å²) in [7, 11) is 0. The number of rotatable bonds is 7. The van der Waals surface area contributed by atoms with Crippen LogP contribution >= 0.6 is 12.2 Å². The lowest BCUT2D eigenvalue weighted by Gasteiger charge is -2.13. The van der Waals surface area contributed by atoms with E-state index in [-0.39, 0.29) is 0 Å². The Morgan fingerprint density at radius 3 is 2.24 bits per heavy atom. The number of quaternary nitrogens is 1. The largest absolute Gasteiger partial charge is 0.362 e. The highest BCUT2D eigenvalue weighted by molar-refractivity contribution is 7.80. The van der Waals surface area contributed by atoms with Gasteiger partial charge in [-0.05, 0) is 29.8 Å². The van der Waals surface area contributed by atoms with Crippen molar-refractivity contribution in [2.75, 3.05) is 19.6 Å². The van der Waals surface area contributed by atoms with E-state index < -0.39 is 0 Å². The molecule has 0 saturated carbocycles. The van der Waals surface area contributed by atoms with Crippen molar-refractivity contribution in [1.82, 2.24) is 10.6 Å². The van der Waals surface area contributed by atoms with E-state index in [2.05, 4.69) is 59.2 Å². The molecule has 0 unspecified atom stereocenters. The van der Waals surface area contributed by atoms with Crippen LogP contribution in [0.4, 0.5) is 0 Å². The molecule has 4 heteroatoms. The van der Waals surface area contributed by atoms with Crippen LogP contribution in [0.1, 0.15) is 29.5 Å². The molecule has 2 aromatic carbocycles. The van der Waals surface area contributed by atoms with E-state index in [9.17, 15) is 0 Å². The number of hydrogen-bond acceptors (Lipinski definition) is 1. The predicted octanol–water partition coefficient (Wildman–Crippen LogP) is 2.07. The van der Waals surface area contributed by atoms with Gasteiger partial charge in [0, 0.05) is 31.5 Å². The first kappa shape index (κ1) is 17.9. The predicted molar refractivity (Wildman–Crippen MR) is 108 cm³/mol. The van der Waals surface area contributed by atoms with Crippen molar-refractivity contribution in [1.29, 1.82) is 0 Å². The van der Waals surface area contributed by atoms with E-state index in [0.29, 0.717) is 0 Å². The van der Waals surface area contributed by atoms with Crippen LogP contribution in [0, 0.1) is 0 Å². The van der Waals surface area contributed by atoms with Gasteiger partial charge in [-0.1, -0.05) is 54.6 Å². The Hall–Kier alpha value is -1.91. The zero-order valence-electron chi connectivity index (χ0n) is 14.8. The minimum atomic E-state index is 0.724. The standard InChI is InChI=1S/C21H27N3S/c25-21(22-13-12-18-6-2-1-3-7-18)23-16-19-8-10-20(11-9-19)17-24-14-4-5-15-24/h1-3,6-11H,4-5,12-17H2,(H2,22,23,25)/p+1. The summed E-state index contributed by atoms with van der Waals surface area (Å²) in [6.07, 6.45) is 3.74. The van der Waals surface area contributed by atoms with Crippen molar-refractivity contribution in [2.24, 2.45) is 0 Å². The second-order valence-electron chi connectivity index (χ2n) is 6.80. The van der Waals surface area contributed by atoms with E-state index in [1.165, 1.54) is 42.6 Å². The summed E-state index contributed by atoms with van der Waals surface area (Å²) in [5, 5.41) is 7.29. The van der Waals surface area contributed by atoms with Gasteiger partial charge in [-0.15, -0.1) is 0 Å². The number of thiocarbonyl (C=S) groups is 1. The molecule has 0 aromatic heterocycles. The van der Waals surface area contributed by atoms with Crippen molar-refractivity contribution in [3.8, 4) is 0 Å². The smallest absolute Gasteiger partial charge is 0.166 e. The van der Waals surface area contributed by atoms with Gasteiger partial charge in [0.1, 0.15) is 6.54 Å². The molecule has 1 fully saturated rings. The van der Waals surface area contributed by atoms with Gasteiger partial charge < -0.3 is 15.5 Å². The van der Waals surface area contributed by atoms with E-state index in [1.807, 2.05) is 6.07 Å². The van der Waals surface area contributed by atoms with Crippen molar-refractivity contribution in [2.45, 2.75) is 32.4 Å². The fraction of sp³-hybridized carbons (Fsp3) is 0.381. The molecule has 3 N–H and O–H groups in total. The molecule has 0 bridgehead atoms. The third kappa shape index (κ3) is 6.15. The molecule has 1 saturated heterocycles. The number of likely N-dealkylation sites (tertiary alicyclic amines) is 1. The number of hydrogen-bond donors (Lipinski definition) is 3. The third-order valence-corrected chi connectivity index (χ3v) is 5.07. The Morgan fingerprint density at radius 1 is 0.840 bits per heavy atom. The van der Waals surface area contributed by atoms with Crippen LogP contribution in [0.25, 0.3) is 0 Å². The SMILES string of the molecule is S=C(NCCc1ccccc1)NCc1ccc(C[NH+]2CCCC2)cc1. The Morgan fingerprint density at radius 2 is 1.52 bits per heavy atom. The minimum absolute atomic E-state index is 0.724. The molecule has 0 spiro atoms. The van der Waals surface area contributed by atoms with Gasteiger partial charge in [0.2, 0.25) is 0 Å². The topological polar surface area (TPSA) is 28.5 Å². The first-order valence-corrected chi connectivity index (χ1v) is 9.67. The van der Waals surface area contributed by atoms with E-state index in [0.717, 1.165) is 31.2 Å². The van der Waals surface area contributed by atoms with E-state index >= 15 is 0 Å². The van der Waals surface area contributed by atoms with Crippen molar-refractivity contribution >= 4 is 17.3 Å². The molecule has 3 rings (SSSR count). The lowest BCUT2D eigenvalue weighted by molar-refractivity contribution is -0.901. The normalized spacial score (nSPS) is 14.4. The summed E-state index contributed by atoms with van der Waals surface area (Å²) in [5.74, 6) is 0. The van der Waals surface area contributed by atoms with Crippen LogP contribution in [0.5, 0.6) is 0 Å². The summed E-state index contributed by atoms with van der Waals surface area (Å²) in [5.41, 5.74) is 4.03. The van der Waals surface area contributed by atoms with Crippen LogP contribution in [0.2, 0.25) is 0 Å². The van der Waals surface area contributed by atoms with Crippen LogP contribution in [-0.4, -0.2) is 24.7 Å². The maximum absolute atomic E-state index is 5.36. The highest BCUT2D eigenvalue weighted by atomic mass is 32.1. The molecule has 1 heterocycles. The Bertz CT molecular complexity index is 649. The molecular weight excluding hydrogens is 326 g/mol. The lowest BCUT2D eigenvalue weighted by atomic mass is 10.1. The second-order valence-corrected chi connectivity index (χ2v) is 7.20. The molecule has 1 aliphatic rings. The fourth-order valence-electron chi connectivity index (χ4n) is 3.33. The van der Waals surface area contributed by atoms with Gasteiger partial charge >= 0.3 is 0 Å². The Kier molecular flexibility index (Phi) is 6.83. The zero-order chi connectivity index (χ0) is 17.3. The maximum atomic E-state index is 5.36. The monoisotopic (exact) mass is 354 g/mol. The molecule has 132 valence electrons. The first-order chi connectivity index (χ1) is 12.3. The second kappa shape index (κ2) is 9.54. The average Bonchev–Trinajstić information content (AvgIpc) is 3.15. The van der Waals surface area contributed by atoms with E-state index in [4.69, 9.17) is 12.2 Å². The van der Waals surface area contributed by atoms with Gasteiger partial charge in [-0.3, -0.25) is 0 Å². The molecule has 3 nitrogen and oxygen atoms in total. The summed E-state index contributed by atoms with van der Waals surface area (Å²) >= 11 is 5.36. The summed E-state index contributed by atoms with van der Waals surface area (Å²) in [4.78, 5) is 1.72. The molecule has 25 heavy (non-hydrogen) atoms. The Balaban J connectivity index is 1.35. The average molecular weight is 355 g/mol. The van der Waals surface area contributed by atoms with Gasteiger partial charge in [0.25, 0.3) is 0 Å². The Labute approximate surface area is 156 Å². The fourth-order valence-corrected chi connectivity index (χ4v) is 3.50. The van der Waals surface area contributed by atoms with Crippen molar-refractivity contribution in [3.63, 3.8) is 0 Å². The van der Waals surface area contributed by atoms with Gasteiger partial charge in [-0.2, -0.15) is 0 Å². The molecule has 0 amide bonds. The molecule has 1 aliphatic heterocycles. The molecule has 0 aliphatic carbocycles. The van der Waals surface area contributed by atoms with Crippen LogP contribution < -0.4 is 15.5 Å².